The molecule has 1 aromatic carbocycles. The highest BCUT2D eigenvalue weighted by Crippen LogP contribution is 2.32. The lowest BCUT2D eigenvalue weighted by Gasteiger charge is -2.35. The summed E-state index contributed by atoms with van der Waals surface area (Å²) < 4.78 is 16.3. The Morgan fingerprint density at radius 2 is 1.97 bits per heavy atom. The number of benzene rings is 1. The molecule has 1 unspecified atom stereocenters. The highest BCUT2D eigenvalue weighted by molar-refractivity contribution is 7.13. The molecule has 1 aromatic heterocycles. The largest absolute Gasteiger partial charge is 0.493 e. The molecule has 0 bridgehead atoms. The minimum absolute atomic E-state index is 0.0172. The maximum Gasteiger partial charge on any atom is 0.229 e. The van der Waals surface area contributed by atoms with Gasteiger partial charge in [-0.1, -0.05) is 6.07 Å². The van der Waals surface area contributed by atoms with Crippen molar-refractivity contribution in [2.45, 2.75) is 25.3 Å². The zero-order valence-corrected chi connectivity index (χ0v) is 19.8. The molecule has 1 saturated carbocycles. The summed E-state index contributed by atoms with van der Waals surface area (Å²) in [5.41, 5.74) is 1.69. The van der Waals surface area contributed by atoms with Crippen molar-refractivity contribution in [2.75, 3.05) is 52.4 Å². The second kappa shape index (κ2) is 11.0. The quantitative estimate of drug-likeness (QED) is 0.545. The van der Waals surface area contributed by atoms with Crippen molar-refractivity contribution < 1.29 is 23.8 Å². The van der Waals surface area contributed by atoms with Gasteiger partial charge in [0.1, 0.15) is 0 Å². The van der Waals surface area contributed by atoms with Crippen molar-refractivity contribution in [1.29, 1.82) is 0 Å². The Kier molecular flexibility index (Phi) is 7.79. The first kappa shape index (κ1) is 23.5. The van der Waals surface area contributed by atoms with Gasteiger partial charge in [-0.05, 0) is 30.5 Å². The van der Waals surface area contributed by atoms with Crippen LogP contribution in [0.1, 0.15) is 30.1 Å². The Morgan fingerprint density at radius 3 is 2.67 bits per heavy atom. The van der Waals surface area contributed by atoms with Crippen molar-refractivity contribution in [3.05, 3.63) is 34.8 Å². The predicted octanol–water partition coefficient (Wildman–Crippen LogP) is 2.24. The molecule has 1 saturated heterocycles. The molecule has 2 heterocycles. The molecule has 4 rings (SSSR count). The third kappa shape index (κ3) is 6.21. The van der Waals surface area contributed by atoms with Crippen LogP contribution < -0.4 is 20.1 Å². The van der Waals surface area contributed by atoms with Crippen molar-refractivity contribution in [3.63, 3.8) is 0 Å². The van der Waals surface area contributed by atoms with Gasteiger partial charge in [0.15, 0.2) is 16.6 Å². The summed E-state index contributed by atoms with van der Waals surface area (Å²) in [6.07, 6.45) is 2.05. The fraction of sp³-hybridized carbons (Fsp3) is 0.522. The van der Waals surface area contributed by atoms with Crippen LogP contribution in [0.15, 0.2) is 23.6 Å². The van der Waals surface area contributed by atoms with E-state index in [1.54, 1.807) is 14.2 Å². The molecular weight excluding hydrogens is 444 g/mol. The van der Waals surface area contributed by atoms with E-state index in [0.29, 0.717) is 42.1 Å². The first-order chi connectivity index (χ1) is 16.1. The van der Waals surface area contributed by atoms with E-state index in [1.165, 1.54) is 11.3 Å². The smallest absolute Gasteiger partial charge is 0.229 e. The Bertz CT molecular complexity index is 972. The summed E-state index contributed by atoms with van der Waals surface area (Å²) >= 11 is 1.35. The molecule has 2 fully saturated rings. The molecule has 2 aliphatic rings. The molecule has 1 aliphatic heterocycles. The summed E-state index contributed by atoms with van der Waals surface area (Å²) in [6, 6.07) is 5.82. The maximum atomic E-state index is 12.7. The van der Waals surface area contributed by atoms with Crippen LogP contribution in [0.3, 0.4) is 0 Å². The molecule has 178 valence electrons. The lowest BCUT2D eigenvalue weighted by atomic mass is 10.0. The number of anilines is 1. The predicted molar refractivity (Wildman–Crippen MR) is 125 cm³/mol. The van der Waals surface area contributed by atoms with Crippen LogP contribution >= 0.6 is 11.3 Å². The monoisotopic (exact) mass is 474 g/mol. The molecule has 0 spiro atoms. The van der Waals surface area contributed by atoms with Crippen LogP contribution in [-0.4, -0.2) is 68.8 Å². The van der Waals surface area contributed by atoms with Crippen LogP contribution in [0.4, 0.5) is 5.13 Å². The van der Waals surface area contributed by atoms with Crippen molar-refractivity contribution in [3.8, 4) is 11.5 Å². The van der Waals surface area contributed by atoms with E-state index in [4.69, 9.17) is 14.2 Å². The van der Waals surface area contributed by atoms with Gasteiger partial charge in [0.25, 0.3) is 0 Å². The van der Waals surface area contributed by atoms with Gasteiger partial charge in [-0.2, -0.15) is 0 Å². The van der Waals surface area contributed by atoms with E-state index < -0.39 is 0 Å². The summed E-state index contributed by atoms with van der Waals surface area (Å²) in [5.74, 6) is 1.35. The highest BCUT2D eigenvalue weighted by atomic mass is 32.1. The number of morpholine rings is 1. The number of hydrogen-bond acceptors (Lipinski definition) is 8. The van der Waals surface area contributed by atoms with E-state index in [1.807, 2.05) is 23.6 Å². The van der Waals surface area contributed by atoms with Gasteiger partial charge in [-0.25, -0.2) is 4.98 Å². The zero-order chi connectivity index (χ0) is 23.2. The van der Waals surface area contributed by atoms with E-state index in [2.05, 4.69) is 20.5 Å². The third-order valence-corrected chi connectivity index (χ3v) is 6.65. The van der Waals surface area contributed by atoms with Gasteiger partial charge in [-0.3, -0.25) is 14.5 Å². The normalized spacial score (nSPS) is 17.3. The number of nitrogens with one attached hydrogen (secondary N) is 2. The molecule has 9 nitrogen and oxygen atoms in total. The zero-order valence-electron chi connectivity index (χ0n) is 19.0. The number of ether oxygens (including phenoxy) is 3. The first-order valence-corrected chi connectivity index (χ1v) is 12.0. The van der Waals surface area contributed by atoms with Crippen LogP contribution in [0.2, 0.25) is 0 Å². The summed E-state index contributed by atoms with van der Waals surface area (Å²) in [4.78, 5) is 31.3. The molecule has 2 amide bonds. The Hall–Kier alpha value is -2.69. The molecule has 10 heteroatoms. The van der Waals surface area contributed by atoms with Crippen molar-refractivity contribution in [1.82, 2.24) is 15.2 Å². The number of aromatic nitrogens is 1. The Morgan fingerprint density at radius 1 is 1.21 bits per heavy atom. The second-order valence-corrected chi connectivity index (χ2v) is 9.03. The summed E-state index contributed by atoms with van der Waals surface area (Å²) in [7, 11) is 3.22. The standard InChI is InChI=1S/C23H30N4O5S/c1-30-19-6-5-16(11-20(19)31-2)18(27-7-9-32-10-8-27)13-24-21(28)12-17-14-33-23(25-17)26-22(29)15-3-4-15/h5-6,11,14-15,18H,3-4,7-10,12-13H2,1-2H3,(H,24,28)(H,25,26,29). The average Bonchev–Trinajstić information content (AvgIpc) is 3.61. The first-order valence-electron chi connectivity index (χ1n) is 11.1. The number of carbonyl (C=O) groups excluding carboxylic acids is 2. The van der Waals surface area contributed by atoms with Gasteiger partial charge in [-0.15, -0.1) is 11.3 Å². The number of carbonyl (C=O) groups is 2. The third-order valence-electron chi connectivity index (χ3n) is 5.84. The lowest BCUT2D eigenvalue weighted by Crippen LogP contribution is -2.44. The number of hydrogen-bond donors (Lipinski definition) is 2. The van der Waals surface area contributed by atoms with Gasteiger partial charge >= 0.3 is 0 Å². The van der Waals surface area contributed by atoms with Gasteiger partial charge in [0, 0.05) is 30.9 Å². The molecule has 1 aliphatic carbocycles. The SMILES string of the molecule is COc1ccc(C(CNC(=O)Cc2csc(NC(=O)C3CC3)n2)N2CCOCC2)cc1OC. The Balaban J connectivity index is 1.38. The molecule has 2 N–H and O–H groups in total. The molecular formula is C23H30N4O5S. The molecule has 2 aromatic rings. The number of nitrogens with zero attached hydrogens (tertiary/aromatic N) is 2. The fourth-order valence-electron chi connectivity index (χ4n) is 3.84. The second-order valence-electron chi connectivity index (χ2n) is 8.17. The number of methoxy groups -OCH3 is 2. The van der Waals surface area contributed by atoms with Crippen molar-refractivity contribution >= 4 is 28.3 Å². The fourth-order valence-corrected chi connectivity index (χ4v) is 4.56. The minimum Gasteiger partial charge on any atom is -0.493 e. The number of thiazole rings is 1. The van der Waals surface area contributed by atoms with Gasteiger partial charge < -0.3 is 24.8 Å². The summed E-state index contributed by atoms with van der Waals surface area (Å²) in [6.45, 7) is 3.33. The van der Waals surface area contributed by atoms with E-state index in [0.717, 1.165) is 31.5 Å². The number of amides is 2. The topological polar surface area (TPSA) is 102 Å². The Labute approximate surface area is 197 Å². The van der Waals surface area contributed by atoms with E-state index in [9.17, 15) is 9.59 Å². The van der Waals surface area contributed by atoms with Gasteiger partial charge in [0.05, 0.1) is 45.6 Å². The lowest BCUT2D eigenvalue weighted by molar-refractivity contribution is -0.121. The van der Waals surface area contributed by atoms with Crippen LogP contribution in [0, 0.1) is 5.92 Å². The van der Waals surface area contributed by atoms with Crippen LogP contribution in [0.25, 0.3) is 0 Å². The van der Waals surface area contributed by atoms with Crippen LogP contribution in [-0.2, 0) is 20.7 Å². The molecule has 1 atom stereocenters. The maximum absolute atomic E-state index is 12.7. The minimum atomic E-state index is -0.112. The molecule has 33 heavy (non-hydrogen) atoms. The number of rotatable bonds is 10. The van der Waals surface area contributed by atoms with Crippen LogP contribution in [0.5, 0.6) is 11.5 Å². The van der Waals surface area contributed by atoms with E-state index >= 15 is 0 Å². The van der Waals surface area contributed by atoms with E-state index in [-0.39, 0.29) is 30.2 Å². The molecule has 0 radical (unpaired) electrons. The highest BCUT2D eigenvalue weighted by Gasteiger charge is 2.30. The average molecular weight is 475 g/mol. The van der Waals surface area contributed by atoms with Crippen molar-refractivity contribution in [2.24, 2.45) is 5.92 Å². The summed E-state index contributed by atoms with van der Waals surface area (Å²) in [5, 5.41) is 8.25. The van der Waals surface area contributed by atoms with Gasteiger partial charge in [0.2, 0.25) is 11.8 Å².